The van der Waals surface area contributed by atoms with Crippen LogP contribution in [0, 0.1) is 0 Å². The molecule has 1 aromatic heterocycles. The zero-order valence-electron chi connectivity index (χ0n) is 9.93. The van der Waals surface area contributed by atoms with Gasteiger partial charge < -0.3 is 10.3 Å². The number of aromatic nitrogens is 1. The van der Waals surface area contributed by atoms with E-state index in [0.29, 0.717) is 5.92 Å². The lowest BCUT2D eigenvalue weighted by Crippen LogP contribution is -2.23. The second-order valence-electron chi connectivity index (χ2n) is 4.97. The second-order valence-corrected chi connectivity index (χ2v) is 4.97. The van der Waals surface area contributed by atoms with Crippen molar-refractivity contribution in [2.75, 3.05) is 6.54 Å². The third-order valence-electron chi connectivity index (χ3n) is 3.51. The van der Waals surface area contributed by atoms with Crippen molar-refractivity contribution in [3.8, 4) is 0 Å². The first-order valence-corrected chi connectivity index (χ1v) is 6.10. The van der Waals surface area contributed by atoms with Crippen molar-refractivity contribution in [1.82, 2.24) is 10.3 Å². The van der Waals surface area contributed by atoms with Gasteiger partial charge in [-0.05, 0) is 41.5 Å². The Balaban J connectivity index is 2.22. The second kappa shape index (κ2) is 3.63. The zero-order valence-corrected chi connectivity index (χ0v) is 9.93. The number of rotatable bonds is 1. The average molecular weight is 214 g/mol. The third kappa shape index (κ3) is 1.45. The normalized spacial score (nSPS) is 15.7. The van der Waals surface area contributed by atoms with Crippen LogP contribution in [0.1, 0.15) is 36.6 Å². The van der Waals surface area contributed by atoms with Crippen LogP contribution in [0.5, 0.6) is 0 Å². The lowest BCUT2D eigenvalue weighted by molar-refractivity contribution is 0.646. The average Bonchev–Trinajstić information content (AvgIpc) is 2.73. The molecule has 2 heteroatoms. The number of aromatic amines is 1. The van der Waals surface area contributed by atoms with Gasteiger partial charge in [-0.25, -0.2) is 0 Å². The van der Waals surface area contributed by atoms with Gasteiger partial charge in [0.15, 0.2) is 0 Å². The molecule has 16 heavy (non-hydrogen) atoms. The molecule has 0 aliphatic carbocycles. The summed E-state index contributed by atoms with van der Waals surface area (Å²) in [6.07, 6.45) is 1.14. The zero-order chi connectivity index (χ0) is 11.1. The van der Waals surface area contributed by atoms with Crippen LogP contribution in [0.3, 0.4) is 0 Å². The Bertz CT molecular complexity index is 523. The van der Waals surface area contributed by atoms with Crippen molar-refractivity contribution in [1.29, 1.82) is 0 Å². The summed E-state index contributed by atoms with van der Waals surface area (Å²) in [6.45, 7) is 6.58. The molecule has 0 spiro atoms. The summed E-state index contributed by atoms with van der Waals surface area (Å²) >= 11 is 0. The molecular formula is C14H18N2. The molecule has 2 heterocycles. The van der Waals surface area contributed by atoms with Gasteiger partial charge >= 0.3 is 0 Å². The van der Waals surface area contributed by atoms with E-state index in [9.17, 15) is 0 Å². The molecule has 1 aliphatic heterocycles. The van der Waals surface area contributed by atoms with Crippen molar-refractivity contribution in [2.45, 2.75) is 32.7 Å². The van der Waals surface area contributed by atoms with Crippen molar-refractivity contribution in [3.05, 3.63) is 35.0 Å². The van der Waals surface area contributed by atoms with Crippen LogP contribution in [0.2, 0.25) is 0 Å². The van der Waals surface area contributed by atoms with E-state index in [1.165, 1.54) is 27.7 Å². The van der Waals surface area contributed by atoms with Crippen molar-refractivity contribution < 1.29 is 0 Å². The first-order valence-electron chi connectivity index (χ1n) is 6.10. The Hall–Kier alpha value is -1.28. The molecule has 2 aromatic rings. The Kier molecular flexibility index (Phi) is 2.25. The van der Waals surface area contributed by atoms with E-state index in [1.807, 2.05) is 0 Å². The highest BCUT2D eigenvalue weighted by Crippen LogP contribution is 2.27. The minimum atomic E-state index is 0.574. The Morgan fingerprint density at radius 3 is 2.94 bits per heavy atom. The quantitative estimate of drug-likeness (QED) is 0.750. The topological polar surface area (TPSA) is 27.8 Å². The first kappa shape index (κ1) is 9.91. The molecule has 0 radical (unpaired) electrons. The van der Waals surface area contributed by atoms with Crippen LogP contribution in [-0.4, -0.2) is 11.5 Å². The molecule has 2 N–H and O–H groups in total. The maximum atomic E-state index is 3.60. The van der Waals surface area contributed by atoms with E-state index in [4.69, 9.17) is 0 Å². The highest BCUT2D eigenvalue weighted by atomic mass is 14.9. The fourth-order valence-corrected chi connectivity index (χ4v) is 2.52. The van der Waals surface area contributed by atoms with Gasteiger partial charge in [0, 0.05) is 17.8 Å². The third-order valence-corrected chi connectivity index (χ3v) is 3.51. The van der Waals surface area contributed by atoms with Crippen LogP contribution >= 0.6 is 0 Å². The first-order chi connectivity index (χ1) is 7.75. The number of hydrogen-bond acceptors (Lipinski definition) is 1. The Morgan fingerprint density at radius 1 is 1.25 bits per heavy atom. The summed E-state index contributed by atoms with van der Waals surface area (Å²) in [5.74, 6) is 0.574. The lowest BCUT2D eigenvalue weighted by Gasteiger charge is -2.17. The molecule has 3 rings (SSSR count). The summed E-state index contributed by atoms with van der Waals surface area (Å²) in [4.78, 5) is 3.60. The molecule has 0 saturated carbocycles. The van der Waals surface area contributed by atoms with Crippen molar-refractivity contribution in [2.24, 2.45) is 0 Å². The number of hydrogen-bond donors (Lipinski definition) is 2. The highest BCUT2D eigenvalue weighted by molar-refractivity contribution is 5.85. The van der Waals surface area contributed by atoms with Gasteiger partial charge in [-0.3, -0.25) is 0 Å². The van der Waals surface area contributed by atoms with Gasteiger partial charge in [0.25, 0.3) is 0 Å². The molecule has 1 aliphatic rings. The fraction of sp³-hybridized carbons (Fsp3) is 0.429. The van der Waals surface area contributed by atoms with E-state index in [0.717, 1.165) is 19.5 Å². The molecule has 0 fully saturated rings. The molecule has 0 saturated heterocycles. The Labute approximate surface area is 96.1 Å². The Morgan fingerprint density at radius 2 is 2.12 bits per heavy atom. The maximum absolute atomic E-state index is 3.60. The number of H-pyrrole nitrogens is 1. The summed E-state index contributed by atoms with van der Waals surface area (Å²) in [5, 5.41) is 4.79. The number of fused-ring (bicyclic) bond motifs is 3. The SMILES string of the molecule is CC(C)c1cc2ccc3c(c2[nH]1)CCNC3. The van der Waals surface area contributed by atoms with Crippen LogP contribution in [0.4, 0.5) is 0 Å². The van der Waals surface area contributed by atoms with Crippen LogP contribution < -0.4 is 5.32 Å². The number of benzene rings is 1. The molecule has 1 aromatic carbocycles. The van der Waals surface area contributed by atoms with E-state index in [2.05, 4.69) is 42.3 Å². The lowest BCUT2D eigenvalue weighted by atomic mass is 9.98. The minimum absolute atomic E-state index is 0.574. The predicted octanol–water partition coefficient (Wildman–Crippen LogP) is 2.94. The summed E-state index contributed by atoms with van der Waals surface area (Å²) in [5.41, 5.74) is 5.68. The smallest absolute Gasteiger partial charge is 0.0492 e. The largest absolute Gasteiger partial charge is 0.358 e. The number of nitrogens with one attached hydrogen (secondary N) is 2. The molecular weight excluding hydrogens is 196 g/mol. The van der Waals surface area contributed by atoms with Crippen molar-refractivity contribution >= 4 is 10.9 Å². The standard InChI is InChI=1S/C14H18N2/c1-9(2)13-7-10-3-4-11-8-15-6-5-12(11)14(10)16-13/h3-4,7,9,15-16H,5-6,8H2,1-2H3. The van der Waals surface area contributed by atoms with Gasteiger partial charge in [0.05, 0.1) is 0 Å². The summed E-state index contributed by atoms with van der Waals surface area (Å²) in [6, 6.07) is 6.80. The molecule has 0 atom stereocenters. The van der Waals surface area contributed by atoms with Gasteiger partial charge in [0.1, 0.15) is 0 Å². The van der Waals surface area contributed by atoms with Gasteiger partial charge in [-0.1, -0.05) is 26.0 Å². The van der Waals surface area contributed by atoms with Crippen LogP contribution in [0.15, 0.2) is 18.2 Å². The molecule has 84 valence electrons. The van der Waals surface area contributed by atoms with Gasteiger partial charge in [-0.15, -0.1) is 0 Å². The van der Waals surface area contributed by atoms with Crippen LogP contribution in [-0.2, 0) is 13.0 Å². The summed E-state index contributed by atoms with van der Waals surface area (Å²) in [7, 11) is 0. The van der Waals surface area contributed by atoms with Gasteiger partial charge in [0.2, 0.25) is 0 Å². The van der Waals surface area contributed by atoms with Gasteiger partial charge in [-0.2, -0.15) is 0 Å². The maximum Gasteiger partial charge on any atom is 0.0492 e. The molecule has 2 nitrogen and oxygen atoms in total. The molecule has 0 bridgehead atoms. The highest BCUT2D eigenvalue weighted by Gasteiger charge is 2.14. The van der Waals surface area contributed by atoms with E-state index >= 15 is 0 Å². The molecule has 0 amide bonds. The van der Waals surface area contributed by atoms with E-state index in [1.54, 1.807) is 0 Å². The van der Waals surface area contributed by atoms with E-state index in [-0.39, 0.29) is 0 Å². The monoisotopic (exact) mass is 214 g/mol. The van der Waals surface area contributed by atoms with Crippen LogP contribution in [0.25, 0.3) is 10.9 Å². The summed E-state index contributed by atoms with van der Waals surface area (Å²) < 4.78 is 0. The minimum Gasteiger partial charge on any atom is -0.358 e. The van der Waals surface area contributed by atoms with E-state index < -0.39 is 0 Å². The van der Waals surface area contributed by atoms with Crippen molar-refractivity contribution in [3.63, 3.8) is 0 Å². The predicted molar refractivity (Wildman–Crippen MR) is 67.8 cm³/mol. The molecule has 0 unspecified atom stereocenters. The fourth-order valence-electron chi connectivity index (χ4n) is 2.52.